The molecule has 0 saturated carbocycles. The molecule has 0 amide bonds. The molecule has 4 heteroatoms. The number of halogens is 1. The number of benzene rings is 1. The summed E-state index contributed by atoms with van der Waals surface area (Å²) in [6, 6.07) is 12.3. The van der Waals surface area contributed by atoms with Crippen molar-refractivity contribution < 1.29 is 0 Å². The Morgan fingerprint density at radius 3 is 2.63 bits per heavy atom. The van der Waals surface area contributed by atoms with Crippen LogP contribution in [0.15, 0.2) is 65.7 Å². The van der Waals surface area contributed by atoms with Gasteiger partial charge in [0.2, 0.25) is 0 Å². The van der Waals surface area contributed by atoms with Crippen LogP contribution in [0.25, 0.3) is 11.4 Å². The number of hydrogen-bond acceptors (Lipinski definition) is 2. The molecule has 0 atom stereocenters. The lowest BCUT2D eigenvalue weighted by Crippen LogP contribution is -2.01. The summed E-state index contributed by atoms with van der Waals surface area (Å²) in [4.78, 5) is 8.55. The third-order valence-corrected chi connectivity index (χ3v) is 3.43. The molecule has 0 aliphatic carbocycles. The second kappa shape index (κ2) is 5.36. The molecule has 0 N–H and O–H groups in total. The van der Waals surface area contributed by atoms with Crippen molar-refractivity contribution in [1.29, 1.82) is 0 Å². The summed E-state index contributed by atoms with van der Waals surface area (Å²) in [5.41, 5.74) is 2.27. The molecule has 2 heterocycles. The highest BCUT2D eigenvalue weighted by Gasteiger charge is 2.06. The summed E-state index contributed by atoms with van der Waals surface area (Å²) in [6.07, 6.45) is 7.41. The van der Waals surface area contributed by atoms with Crippen molar-refractivity contribution in [2.75, 3.05) is 0 Å². The van der Waals surface area contributed by atoms with Gasteiger partial charge in [-0.05, 0) is 29.8 Å². The van der Waals surface area contributed by atoms with Crippen LogP contribution in [0.4, 0.5) is 0 Å². The second-order valence-electron chi connectivity index (χ2n) is 4.25. The van der Waals surface area contributed by atoms with E-state index in [-0.39, 0.29) is 0 Å². The van der Waals surface area contributed by atoms with Crippen LogP contribution in [-0.2, 0) is 6.54 Å². The first-order valence-electron chi connectivity index (χ1n) is 5.99. The van der Waals surface area contributed by atoms with Gasteiger partial charge in [-0.15, -0.1) is 0 Å². The number of rotatable bonds is 3. The molecule has 0 radical (unpaired) electrons. The van der Waals surface area contributed by atoms with Gasteiger partial charge in [0.25, 0.3) is 0 Å². The lowest BCUT2D eigenvalue weighted by atomic mass is 10.2. The van der Waals surface area contributed by atoms with Crippen molar-refractivity contribution in [3.05, 3.63) is 71.2 Å². The number of hydrogen-bond donors (Lipinski definition) is 0. The highest BCUT2D eigenvalue weighted by atomic mass is 79.9. The fourth-order valence-corrected chi connectivity index (χ4v) is 2.24. The van der Waals surface area contributed by atoms with Gasteiger partial charge in [0.1, 0.15) is 5.82 Å². The lowest BCUT2D eigenvalue weighted by molar-refractivity contribution is 0.806. The largest absolute Gasteiger partial charge is 0.327 e. The first-order valence-corrected chi connectivity index (χ1v) is 6.78. The van der Waals surface area contributed by atoms with Crippen LogP contribution < -0.4 is 0 Å². The van der Waals surface area contributed by atoms with Crippen molar-refractivity contribution in [2.24, 2.45) is 0 Å². The van der Waals surface area contributed by atoms with E-state index in [1.807, 2.05) is 30.7 Å². The van der Waals surface area contributed by atoms with Gasteiger partial charge in [0, 0.05) is 41.4 Å². The molecule has 0 fully saturated rings. The smallest absolute Gasteiger partial charge is 0.141 e. The van der Waals surface area contributed by atoms with Gasteiger partial charge >= 0.3 is 0 Å². The SMILES string of the molecule is Brc1ccc(Cn2ccnc2-c2cccnc2)cc1. The number of aromatic nitrogens is 3. The fraction of sp³-hybridized carbons (Fsp3) is 0.0667. The van der Waals surface area contributed by atoms with Gasteiger partial charge in [-0.1, -0.05) is 28.1 Å². The molecule has 0 saturated heterocycles. The molecule has 0 unspecified atom stereocenters. The van der Waals surface area contributed by atoms with Crippen LogP contribution in [0.3, 0.4) is 0 Å². The molecule has 2 aromatic heterocycles. The molecule has 94 valence electrons. The topological polar surface area (TPSA) is 30.7 Å². The monoisotopic (exact) mass is 313 g/mol. The average molecular weight is 314 g/mol. The number of pyridine rings is 1. The molecular weight excluding hydrogens is 302 g/mol. The van der Waals surface area contributed by atoms with Crippen LogP contribution in [0.5, 0.6) is 0 Å². The molecule has 0 aliphatic rings. The van der Waals surface area contributed by atoms with Crippen LogP contribution in [0, 0.1) is 0 Å². The van der Waals surface area contributed by atoms with Crippen molar-refractivity contribution in [3.8, 4) is 11.4 Å². The van der Waals surface area contributed by atoms with E-state index in [0.717, 1.165) is 22.4 Å². The fourth-order valence-electron chi connectivity index (χ4n) is 1.98. The number of nitrogens with zero attached hydrogens (tertiary/aromatic N) is 3. The zero-order valence-electron chi connectivity index (χ0n) is 10.2. The van der Waals surface area contributed by atoms with E-state index < -0.39 is 0 Å². The summed E-state index contributed by atoms with van der Waals surface area (Å²) >= 11 is 3.45. The molecule has 3 nitrogen and oxygen atoms in total. The first-order chi connectivity index (χ1) is 9.33. The average Bonchev–Trinajstić information content (AvgIpc) is 2.90. The van der Waals surface area contributed by atoms with Crippen molar-refractivity contribution in [3.63, 3.8) is 0 Å². The molecular formula is C15H12BrN3. The maximum absolute atomic E-state index is 4.41. The lowest BCUT2D eigenvalue weighted by Gasteiger charge is -2.08. The molecule has 3 rings (SSSR count). The summed E-state index contributed by atoms with van der Waals surface area (Å²) in [5.74, 6) is 0.941. The van der Waals surface area contributed by atoms with Crippen LogP contribution in [0.1, 0.15) is 5.56 Å². The van der Waals surface area contributed by atoms with Gasteiger partial charge in [0.15, 0.2) is 0 Å². The van der Waals surface area contributed by atoms with Gasteiger partial charge in [-0.2, -0.15) is 0 Å². The third kappa shape index (κ3) is 2.74. The van der Waals surface area contributed by atoms with Crippen molar-refractivity contribution in [1.82, 2.24) is 14.5 Å². The molecule has 1 aromatic carbocycles. The Balaban J connectivity index is 1.91. The zero-order chi connectivity index (χ0) is 13.1. The van der Waals surface area contributed by atoms with E-state index in [2.05, 4.69) is 54.7 Å². The quantitative estimate of drug-likeness (QED) is 0.737. The minimum Gasteiger partial charge on any atom is -0.327 e. The molecule has 0 bridgehead atoms. The molecule has 3 aromatic rings. The highest BCUT2D eigenvalue weighted by Crippen LogP contribution is 2.18. The summed E-state index contributed by atoms with van der Waals surface area (Å²) in [7, 11) is 0. The van der Waals surface area contributed by atoms with E-state index in [9.17, 15) is 0 Å². The molecule has 0 spiro atoms. The molecule has 0 aliphatic heterocycles. The van der Waals surface area contributed by atoms with E-state index in [1.54, 1.807) is 6.20 Å². The van der Waals surface area contributed by atoms with E-state index >= 15 is 0 Å². The maximum atomic E-state index is 4.41. The Hall–Kier alpha value is -1.94. The van der Waals surface area contributed by atoms with Crippen LogP contribution in [0.2, 0.25) is 0 Å². The van der Waals surface area contributed by atoms with Crippen molar-refractivity contribution >= 4 is 15.9 Å². The summed E-state index contributed by atoms with van der Waals surface area (Å²) in [5, 5.41) is 0. The summed E-state index contributed by atoms with van der Waals surface area (Å²) < 4.78 is 3.22. The first kappa shape index (κ1) is 12.1. The Kier molecular flexibility index (Phi) is 3.42. The molecule has 19 heavy (non-hydrogen) atoms. The van der Waals surface area contributed by atoms with E-state index in [4.69, 9.17) is 0 Å². The van der Waals surface area contributed by atoms with E-state index in [0.29, 0.717) is 0 Å². The van der Waals surface area contributed by atoms with Crippen LogP contribution in [-0.4, -0.2) is 14.5 Å². The predicted molar refractivity (Wildman–Crippen MR) is 78.7 cm³/mol. The van der Waals surface area contributed by atoms with Crippen LogP contribution >= 0.6 is 15.9 Å². The van der Waals surface area contributed by atoms with Crippen molar-refractivity contribution in [2.45, 2.75) is 6.54 Å². The van der Waals surface area contributed by atoms with E-state index in [1.165, 1.54) is 5.56 Å². The summed E-state index contributed by atoms with van der Waals surface area (Å²) in [6.45, 7) is 0.803. The van der Waals surface area contributed by atoms with Gasteiger partial charge in [-0.3, -0.25) is 4.98 Å². The maximum Gasteiger partial charge on any atom is 0.141 e. The Morgan fingerprint density at radius 1 is 1.05 bits per heavy atom. The highest BCUT2D eigenvalue weighted by molar-refractivity contribution is 9.10. The van der Waals surface area contributed by atoms with Gasteiger partial charge < -0.3 is 4.57 Å². The standard InChI is InChI=1S/C15H12BrN3/c16-14-5-3-12(4-6-14)11-19-9-8-18-15(19)13-2-1-7-17-10-13/h1-10H,11H2. The Morgan fingerprint density at radius 2 is 1.89 bits per heavy atom. The second-order valence-corrected chi connectivity index (χ2v) is 5.16. The Labute approximate surface area is 120 Å². The van der Waals surface area contributed by atoms with Gasteiger partial charge in [-0.25, -0.2) is 4.98 Å². The predicted octanol–water partition coefficient (Wildman–Crippen LogP) is 3.76. The van der Waals surface area contributed by atoms with Gasteiger partial charge in [0.05, 0.1) is 0 Å². The third-order valence-electron chi connectivity index (χ3n) is 2.90. The minimum absolute atomic E-state index is 0.803. The Bertz CT molecular complexity index is 659. The number of imidazole rings is 1. The minimum atomic E-state index is 0.803. The zero-order valence-corrected chi connectivity index (χ0v) is 11.8. The normalized spacial score (nSPS) is 10.6.